The summed E-state index contributed by atoms with van der Waals surface area (Å²) in [6.45, 7) is 1.38. The Labute approximate surface area is 133 Å². The number of hydrogen-bond acceptors (Lipinski definition) is 4. The van der Waals surface area contributed by atoms with Crippen molar-refractivity contribution in [1.29, 1.82) is 0 Å². The molecule has 1 amide bonds. The maximum Gasteiger partial charge on any atom is 0.254 e. The third kappa shape index (κ3) is 2.59. The van der Waals surface area contributed by atoms with Crippen LogP contribution in [-0.4, -0.2) is 37.1 Å². The number of amides is 1. The molecular weight excluding hydrogens is 290 g/mol. The van der Waals surface area contributed by atoms with Crippen molar-refractivity contribution in [2.45, 2.75) is 13.0 Å². The molecule has 0 unspecified atom stereocenters. The second kappa shape index (κ2) is 5.64. The quantitative estimate of drug-likeness (QED) is 0.725. The summed E-state index contributed by atoms with van der Waals surface area (Å²) in [5.41, 5.74) is 3.16. The third-order valence-electron chi connectivity index (χ3n) is 4.06. The lowest BCUT2D eigenvalue weighted by atomic mass is 9.99. The number of rotatable bonds is 2. The number of pyridine rings is 1. The van der Waals surface area contributed by atoms with E-state index >= 15 is 0 Å². The molecule has 0 radical (unpaired) electrons. The minimum atomic E-state index is 0.0169. The van der Waals surface area contributed by atoms with E-state index in [1.54, 1.807) is 29.3 Å². The Kier molecular flexibility index (Phi) is 3.34. The molecule has 0 saturated carbocycles. The van der Waals surface area contributed by atoms with E-state index in [-0.39, 0.29) is 5.91 Å². The molecule has 3 heterocycles. The molecule has 1 aliphatic rings. The Morgan fingerprint density at radius 1 is 1.13 bits per heavy atom. The molecule has 0 N–H and O–H groups in total. The molecule has 23 heavy (non-hydrogen) atoms. The van der Waals surface area contributed by atoms with E-state index in [1.807, 2.05) is 17.0 Å². The van der Waals surface area contributed by atoms with Crippen molar-refractivity contribution in [2.75, 3.05) is 6.54 Å². The van der Waals surface area contributed by atoms with Crippen LogP contribution >= 0.6 is 0 Å². The number of carbonyl (C=O) groups excluding carboxylic acids is 1. The molecule has 1 aliphatic heterocycles. The number of fused-ring (bicyclic) bond motifs is 1. The van der Waals surface area contributed by atoms with Gasteiger partial charge in [-0.1, -0.05) is 24.3 Å². The summed E-state index contributed by atoms with van der Waals surface area (Å²) < 4.78 is 1.54. The largest absolute Gasteiger partial charge is 0.334 e. The number of nitrogens with zero attached hydrogens (tertiary/aromatic N) is 5. The third-order valence-corrected chi connectivity index (χ3v) is 4.06. The Hall–Kier alpha value is -3.02. The van der Waals surface area contributed by atoms with Gasteiger partial charge in [-0.15, -0.1) is 0 Å². The number of benzene rings is 1. The van der Waals surface area contributed by atoms with Gasteiger partial charge in [0.1, 0.15) is 12.7 Å². The highest BCUT2D eigenvalue weighted by atomic mass is 16.2. The van der Waals surface area contributed by atoms with Crippen molar-refractivity contribution in [2.24, 2.45) is 0 Å². The molecule has 114 valence electrons. The lowest BCUT2D eigenvalue weighted by Crippen LogP contribution is -2.36. The molecule has 1 aromatic carbocycles. The molecule has 3 aromatic rings. The van der Waals surface area contributed by atoms with E-state index in [1.165, 1.54) is 17.5 Å². The number of aromatic nitrogens is 4. The lowest BCUT2D eigenvalue weighted by Gasteiger charge is -2.29. The predicted molar refractivity (Wildman–Crippen MR) is 84.0 cm³/mol. The van der Waals surface area contributed by atoms with Crippen LogP contribution < -0.4 is 0 Å². The van der Waals surface area contributed by atoms with Crippen LogP contribution in [-0.2, 0) is 13.0 Å². The Balaban J connectivity index is 1.59. The molecular formula is C17H15N5O. The van der Waals surface area contributed by atoms with Gasteiger partial charge in [0.2, 0.25) is 0 Å². The molecule has 0 bridgehead atoms. The Morgan fingerprint density at radius 2 is 2.00 bits per heavy atom. The molecule has 0 atom stereocenters. The smallest absolute Gasteiger partial charge is 0.254 e. The summed E-state index contributed by atoms with van der Waals surface area (Å²) in [7, 11) is 0. The molecule has 4 rings (SSSR count). The van der Waals surface area contributed by atoms with Crippen molar-refractivity contribution in [3.05, 3.63) is 71.9 Å². The highest BCUT2D eigenvalue weighted by Crippen LogP contribution is 2.20. The van der Waals surface area contributed by atoms with Gasteiger partial charge in [-0.2, -0.15) is 5.10 Å². The maximum absolute atomic E-state index is 12.8. The van der Waals surface area contributed by atoms with E-state index in [0.29, 0.717) is 17.9 Å². The van der Waals surface area contributed by atoms with Gasteiger partial charge in [0.25, 0.3) is 5.91 Å². The van der Waals surface area contributed by atoms with E-state index in [0.717, 1.165) is 13.0 Å². The van der Waals surface area contributed by atoms with Gasteiger partial charge in [0.15, 0.2) is 5.82 Å². The maximum atomic E-state index is 12.8. The molecule has 0 fully saturated rings. The van der Waals surface area contributed by atoms with Gasteiger partial charge in [-0.25, -0.2) is 14.6 Å². The van der Waals surface area contributed by atoms with Gasteiger partial charge in [-0.3, -0.25) is 4.79 Å². The zero-order chi connectivity index (χ0) is 15.6. The lowest BCUT2D eigenvalue weighted by molar-refractivity contribution is 0.0734. The van der Waals surface area contributed by atoms with E-state index in [2.05, 4.69) is 27.2 Å². The highest BCUT2D eigenvalue weighted by molar-refractivity contribution is 5.94. The first-order valence-corrected chi connectivity index (χ1v) is 7.48. The summed E-state index contributed by atoms with van der Waals surface area (Å²) in [6.07, 6.45) is 5.52. The van der Waals surface area contributed by atoms with Crippen molar-refractivity contribution in [1.82, 2.24) is 24.6 Å². The minimum absolute atomic E-state index is 0.0169. The van der Waals surface area contributed by atoms with Crippen molar-refractivity contribution in [3.8, 4) is 5.82 Å². The molecule has 0 saturated heterocycles. The SMILES string of the molecule is O=C(c1ccnc(-n2cncn2)c1)N1CCc2ccccc2C1. The molecule has 0 spiro atoms. The fraction of sp³-hybridized carbons (Fsp3) is 0.176. The fourth-order valence-corrected chi connectivity index (χ4v) is 2.85. The zero-order valence-electron chi connectivity index (χ0n) is 12.5. The molecule has 6 heteroatoms. The first-order chi connectivity index (χ1) is 11.3. The minimum Gasteiger partial charge on any atom is -0.334 e. The van der Waals surface area contributed by atoms with Crippen LogP contribution in [0.1, 0.15) is 21.5 Å². The fourth-order valence-electron chi connectivity index (χ4n) is 2.85. The van der Waals surface area contributed by atoms with Gasteiger partial charge in [0, 0.05) is 24.8 Å². The van der Waals surface area contributed by atoms with Gasteiger partial charge in [-0.05, 0) is 29.7 Å². The van der Waals surface area contributed by atoms with Crippen molar-refractivity contribution in [3.63, 3.8) is 0 Å². The predicted octanol–water partition coefficient (Wildman–Crippen LogP) is 1.86. The normalized spacial score (nSPS) is 13.7. The van der Waals surface area contributed by atoms with Gasteiger partial charge >= 0.3 is 0 Å². The van der Waals surface area contributed by atoms with Crippen LogP contribution in [0.25, 0.3) is 5.82 Å². The topological polar surface area (TPSA) is 63.9 Å². The first kappa shape index (κ1) is 13.6. The van der Waals surface area contributed by atoms with Gasteiger partial charge < -0.3 is 4.90 Å². The summed E-state index contributed by atoms with van der Waals surface area (Å²) in [4.78, 5) is 22.8. The van der Waals surface area contributed by atoms with Crippen LogP contribution in [0, 0.1) is 0 Å². The van der Waals surface area contributed by atoms with Crippen LogP contribution in [0.2, 0.25) is 0 Å². The Morgan fingerprint density at radius 3 is 2.83 bits per heavy atom. The number of hydrogen-bond donors (Lipinski definition) is 0. The van der Waals surface area contributed by atoms with Crippen molar-refractivity contribution < 1.29 is 4.79 Å². The van der Waals surface area contributed by atoms with Gasteiger partial charge in [0.05, 0.1) is 0 Å². The summed E-state index contributed by atoms with van der Waals surface area (Å²) in [5, 5.41) is 4.05. The number of carbonyl (C=O) groups is 1. The summed E-state index contributed by atoms with van der Waals surface area (Å²) >= 11 is 0. The highest BCUT2D eigenvalue weighted by Gasteiger charge is 2.21. The Bertz CT molecular complexity index is 844. The van der Waals surface area contributed by atoms with Crippen LogP contribution in [0.5, 0.6) is 0 Å². The monoisotopic (exact) mass is 305 g/mol. The van der Waals surface area contributed by atoms with E-state index in [9.17, 15) is 4.79 Å². The second-order valence-electron chi connectivity index (χ2n) is 5.49. The molecule has 6 nitrogen and oxygen atoms in total. The molecule has 0 aliphatic carbocycles. The molecule has 2 aromatic heterocycles. The average Bonchev–Trinajstić information content (AvgIpc) is 3.15. The standard InChI is InChI=1S/C17H15N5O/c23-17(21-8-6-13-3-1-2-4-15(13)10-21)14-5-7-19-16(9-14)22-12-18-11-20-22/h1-5,7,9,11-12H,6,8,10H2. The average molecular weight is 305 g/mol. The van der Waals surface area contributed by atoms with Crippen molar-refractivity contribution >= 4 is 5.91 Å². The first-order valence-electron chi connectivity index (χ1n) is 7.48. The van der Waals surface area contributed by atoms with E-state index in [4.69, 9.17) is 0 Å². The van der Waals surface area contributed by atoms with Crippen LogP contribution in [0.3, 0.4) is 0 Å². The zero-order valence-corrected chi connectivity index (χ0v) is 12.5. The van der Waals surface area contributed by atoms with E-state index < -0.39 is 0 Å². The summed E-state index contributed by atoms with van der Waals surface area (Å²) in [6, 6.07) is 11.8. The second-order valence-corrected chi connectivity index (χ2v) is 5.49. The van der Waals surface area contributed by atoms with Crippen LogP contribution in [0.4, 0.5) is 0 Å². The van der Waals surface area contributed by atoms with Crippen LogP contribution in [0.15, 0.2) is 55.2 Å². The summed E-state index contributed by atoms with van der Waals surface area (Å²) in [5.74, 6) is 0.606.